The van der Waals surface area contributed by atoms with Crippen LogP contribution in [0.1, 0.15) is 11.1 Å². The highest BCUT2D eigenvalue weighted by Gasteiger charge is 2.12. The van der Waals surface area contributed by atoms with Gasteiger partial charge in [-0.05, 0) is 43.2 Å². The van der Waals surface area contributed by atoms with Crippen LogP contribution < -0.4 is 10.1 Å². The second kappa shape index (κ2) is 6.97. The first-order valence-corrected chi connectivity index (χ1v) is 8.76. The summed E-state index contributed by atoms with van der Waals surface area (Å²) >= 11 is 13.3. The van der Waals surface area contributed by atoms with Gasteiger partial charge in [-0.1, -0.05) is 40.6 Å². The molecule has 0 bridgehead atoms. The average Bonchev–Trinajstić information content (AvgIpc) is 2.95. The van der Waals surface area contributed by atoms with Crippen LogP contribution in [0.2, 0.25) is 10.0 Å². The molecule has 4 nitrogen and oxygen atoms in total. The number of amides is 1. The molecule has 24 heavy (non-hydrogen) atoms. The van der Waals surface area contributed by atoms with E-state index in [0.29, 0.717) is 20.9 Å². The van der Waals surface area contributed by atoms with Crippen molar-refractivity contribution in [2.75, 3.05) is 11.9 Å². The Morgan fingerprint density at radius 3 is 2.83 bits per heavy atom. The Bertz CT molecular complexity index is 924. The maximum Gasteiger partial charge on any atom is 0.264 e. The van der Waals surface area contributed by atoms with Gasteiger partial charge in [0.15, 0.2) is 11.7 Å². The number of anilines is 1. The summed E-state index contributed by atoms with van der Waals surface area (Å²) in [7, 11) is 0. The predicted molar refractivity (Wildman–Crippen MR) is 99.7 cm³/mol. The van der Waals surface area contributed by atoms with Gasteiger partial charge in [-0.2, -0.15) is 0 Å². The van der Waals surface area contributed by atoms with Gasteiger partial charge >= 0.3 is 0 Å². The fourth-order valence-electron chi connectivity index (χ4n) is 2.17. The van der Waals surface area contributed by atoms with Crippen molar-refractivity contribution in [1.82, 2.24) is 4.98 Å². The van der Waals surface area contributed by atoms with Crippen molar-refractivity contribution in [3.05, 3.63) is 51.5 Å². The topological polar surface area (TPSA) is 51.2 Å². The van der Waals surface area contributed by atoms with Crippen LogP contribution in [0, 0.1) is 13.8 Å². The van der Waals surface area contributed by atoms with Crippen LogP contribution in [0.3, 0.4) is 0 Å². The van der Waals surface area contributed by atoms with E-state index in [1.807, 2.05) is 26.0 Å². The monoisotopic (exact) mass is 380 g/mol. The van der Waals surface area contributed by atoms with Gasteiger partial charge in [0.05, 0.1) is 15.2 Å². The largest absolute Gasteiger partial charge is 0.482 e. The third-order valence-electron chi connectivity index (χ3n) is 3.58. The molecule has 124 valence electrons. The zero-order valence-electron chi connectivity index (χ0n) is 13.0. The SMILES string of the molecule is Cc1ccc2sc(NC(=O)COc3cc(Cl)ccc3Cl)nc2c1C. The van der Waals surface area contributed by atoms with Crippen LogP contribution in [0.15, 0.2) is 30.3 Å². The van der Waals surface area contributed by atoms with Crippen molar-refractivity contribution in [2.45, 2.75) is 13.8 Å². The number of aromatic nitrogens is 1. The maximum atomic E-state index is 12.1. The summed E-state index contributed by atoms with van der Waals surface area (Å²) in [6.07, 6.45) is 0. The predicted octanol–water partition coefficient (Wildman–Crippen LogP) is 5.24. The fraction of sp³-hybridized carbons (Fsp3) is 0.176. The minimum absolute atomic E-state index is 0.173. The van der Waals surface area contributed by atoms with Crippen LogP contribution in [-0.4, -0.2) is 17.5 Å². The molecule has 0 radical (unpaired) electrons. The van der Waals surface area contributed by atoms with Gasteiger partial charge in [-0.25, -0.2) is 4.98 Å². The molecule has 0 atom stereocenters. The third kappa shape index (κ3) is 3.64. The van der Waals surface area contributed by atoms with E-state index in [4.69, 9.17) is 27.9 Å². The van der Waals surface area contributed by atoms with Crippen LogP contribution >= 0.6 is 34.5 Å². The summed E-state index contributed by atoms with van der Waals surface area (Å²) in [6.45, 7) is 3.89. The van der Waals surface area contributed by atoms with Crippen LogP contribution in [0.5, 0.6) is 5.75 Å². The van der Waals surface area contributed by atoms with Crippen LogP contribution in [0.25, 0.3) is 10.2 Å². The van der Waals surface area contributed by atoms with Crippen molar-refractivity contribution in [1.29, 1.82) is 0 Å². The van der Waals surface area contributed by atoms with E-state index in [9.17, 15) is 4.79 Å². The molecule has 3 rings (SSSR count). The number of thiazole rings is 1. The summed E-state index contributed by atoms with van der Waals surface area (Å²) in [5, 5.41) is 4.19. The van der Waals surface area contributed by atoms with E-state index in [1.165, 1.54) is 16.9 Å². The highest BCUT2D eigenvalue weighted by Crippen LogP contribution is 2.30. The summed E-state index contributed by atoms with van der Waals surface area (Å²) in [5.41, 5.74) is 3.20. The number of fused-ring (bicyclic) bond motifs is 1. The molecule has 0 aliphatic carbocycles. The molecular weight excluding hydrogens is 367 g/mol. The van der Waals surface area contributed by atoms with Crippen molar-refractivity contribution in [2.24, 2.45) is 0 Å². The first-order valence-electron chi connectivity index (χ1n) is 7.18. The lowest BCUT2D eigenvalue weighted by Crippen LogP contribution is -2.20. The minimum Gasteiger partial charge on any atom is -0.482 e. The number of carbonyl (C=O) groups is 1. The molecule has 0 aliphatic heterocycles. The first-order chi connectivity index (χ1) is 11.4. The lowest BCUT2D eigenvalue weighted by Gasteiger charge is -2.07. The molecule has 3 aromatic rings. The van der Waals surface area contributed by atoms with Gasteiger partial charge in [0.2, 0.25) is 0 Å². The van der Waals surface area contributed by atoms with E-state index < -0.39 is 0 Å². The first kappa shape index (κ1) is 17.0. The molecule has 1 heterocycles. The van der Waals surface area contributed by atoms with E-state index >= 15 is 0 Å². The summed E-state index contributed by atoms with van der Waals surface area (Å²) in [6, 6.07) is 8.90. The zero-order chi connectivity index (χ0) is 17.3. The summed E-state index contributed by atoms with van der Waals surface area (Å²) in [5.74, 6) is 0.0644. The second-order valence-corrected chi connectivity index (χ2v) is 7.16. The number of hydrogen-bond acceptors (Lipinski definition) is 4. The van der Waals surface area contributed by atoms with Crippen LogP contribution in [-0.2, 0) is 4.79 Å². The summed E-state index contributed by atoms with van der Waals surface area (Å²) in [4.78, 5) is 16.5. The number of rotatable bonds is 4. The number of ether oxygens (including phenoxy) is 1. The van der Waals surface area contributed by atoms with Gasteiger partial charge < -0.3 is 4.74 Å². The van der Waals surface area contributed by atoms with E-state index in [1.54, 1.807) is 18.2 Å². The Labute approximate surface area is 153 Å². The van der Waals surface area contributed by atoms with Crippen molar-refractivity contribution in [3.63, 3.8) is 0 Å². The number of hydrogen-bond donors (Lipinski definition) is 1. The third-order valence-corrected chi connectivity index (χ3v) is 5.07. The van der Waals surface area contributed by atoms with Crippen molar-refractivity contribution >= 4 is 55.8 Å². The summed E-state index contributed by atoms with van der Waals surface area (Å²) < 4.78 is 6.45. The molecule has 1 N–H and O–H groups in total. The highest BCUT2D eigenvalue weighted by molar-refractivity contribution is 7.22. The van der Waals surface area contributed by atoms with Crippen molar-refractivity contribution < 1.29 is 9.53 Å². The number of nitrogens with zero attached hydrogens (tertiary/aromatic N) is 1. The zero-order valence-corrected chi connectivity index (χ0v) is 15.4. The van der Waals surface area contributed by atoms with Crippen molar-refractivity contribution in [3.8, 4) is 5.75 Å². The average molecular weight is 381 g/mol. The number of carbonyl (C=O) groups excluding carboxylic acids is 1. The van der Waals surface area contributed by atoms with E-state index in [0.717, 1.165) is 15.8 Å². The molecule has 2 aromatic carbocycles. The molecule has 0 aliphatic rings. The van der Waals surface area contributed by atoms with Gasteiger partial charge in [0, 0.05) is 11.1 Å². The Hall–Kier alpha value is -1.82. The Balaban J connectivity index is 1.69. The minimum atomic E-state index is -0.306. The second-order valence-electron chi connectivity index (χ2n) is 5.28. The van der Waals surface area contributed by atoms with Gasteiger partial charge in [0.1, 0.15) is 5.75 Å². The number of halogens is 2. The van der Waals surface area contributed by atoms with E-state index in [-0.39, 0.29) is 12.5 Å². The standard InChI is InChI=1S/C17H14Cl2N2O2S/c1-9-3-6-14-16(10(9)2)21-17(24-14)20-15(22)8-23-13-7-11(18)4-5-12(13)19/h3-7H,8H2,1-2H3,(H,20,21,22). The van der Waals surface area contributed by atoms with Crippen LogP contribution in [0.4, 0.5) is 5.13 Å². The lowest BCUT2D eigenvalue weighted by molar-refractivity contribution is -0.118. The number of aryl methyl sites for hydroxylation is 2. The molecule has 0 fully saturated rings. The molecule has 0 saturated heterocycles. The molecule has 1 amide bonds. The van der Waals surface area contributed by atoms with Gasteiger partial charge in [0.25, 0.3) is 5.91 Å². The molecule has 0 saturated carbocycles. The normalized spacial score (nSPS) is 10.8. The molecule has 0 unspecified atom stereocenters. The molecule has 7 heteroatoms. The number of benzene rings is 2. The van der Waals surface area contributed by atoms with Gasteiger partial charge in [-0.15, -0.1) is 0 Å². The lowest BCUT2D eigenvalue weighted by atomic mass is 10.1. The number of nitrogens with one attached hydrogen (secondary N) is 1. The molecular formula is C17H14Cl2N2O2S. The Morgan fingerprint density at radius 2 is 2.04 bits per heavy atom. The Kier molecular flexibility index (Phi) is 4.94. The van der Waals surface area contributed by atoms with Gasteiger partial charge in [-0.3, -0.25) is 10.1 Å². The molecule has 1 aromatic heterocycles. The quantitative estimate of drug-likeness (QED) is 0.673. The fourth-order valence-corrected chi connectivity index (χ4v) is 3.44. The highest BCUT2D eigenvalue weighted by atomic mass is 35.5. The smallest absolute Gasteiger partial charge is 0.264 e. The maximum absolute atomic E-state index is 12.1. The Morgan fingerprint density at radius 1 is 1.25 bits per heavy atom. The van der Waals surface area contributed by atoms with E-state index in [2.05, 4.69) is 10.3 Å². The molecule has 0 spiro atoms.